The van der Waals surface area contributed by atoms with Gasteiger partial charge >= 0.3 is 5.97 Å². The van der Waals surface area contributed by atoms with Crippen LogP contribution in [0, 0.1) is 0 Å². The Balaban J connectivity index is 4.50. The Hall–Kier alpha value is -1.92. The summed E-state index contributed by atoms with van der Waals surface area (Å²) in [6.45, 7) is 6.48. The van der Waals surface area contributed by atoms with E-state index in [1.165, 1.54) is 186 Å². The number of aliphatic hydroxyl groups is 2. The molecule has 0 aromatic heterocycles. The van der Waals surface area contributed by atoms with Crippen LogP contribution in [0.3, 0.4) is 0 Å². The third kappa shape index (κ3) is 48.3. The molecule has 0 aliphatic heterocycles. The average molecular weight is 915 g/mol. The van der Waals surface area contributed by atoms with Gasteiger partial charge in [-0.25, -0.2) is 0 Å². The van der Waals surface area contributed by atoms with Crippen LogP contribution in [0.25, 0.3) is 0 Å². The number of hydrogen-bond acceptors (Lipinski definition) is 5. The lowest BCUT2D eigenvalue weighted by Crippen LogP contribution is -2.46. The van der Waals surface area contributed by atoms with Crippen molar-refractivity contribution in [3.8, 4) is 0 Å². The average Bonchev–Trinajstić information content (AvgIpc) is 3.30. The summed E-state index contributed by atoms with van der Waals surface area (Å²) in [4.78, 5) is 26.2. The van der Waals surface area contributed by atoms with Crippen molar-refractivity contribution in [1.29, 1.82) is 0 Å². The maximum Gasteiger partial charge on any atom is 0.306 e. The molecule has 382 valence electrons. The first-order valence-electron chi connectivity index (χ1n) is 28.7. The lowest BCUT2D eigenvalue weighted by atomic mass is 10.0. The Bertz CT molecular complexity index is 1070. The first kappa shape index (κ1) is 63.1. The predicted molar refractivity (Wildman–Crippen MR) is 282 cm³/mol. The minimum atomic E-state index is -0.790. The zero-order valence-corrected chi connectivity index (χ0v) is 43.6. The predicted octanol–water partition coefficient (Wildman–Crippen LogP) is 17.6. The molecule has 3 atom stereocenters. The van der Waals surface area contributed by atoms with Crippen LogP contribution in [-0.2, 0) is 14.3 Å². The number of nitrogens with one attached hydrogen (secondary N) is 1. The Labute approximate surface area is 404 Å². The number of carbonyl (C=O) groups is 2. The fourth-order valence-electron chi connectivity index (χ4n) is 8.85. The van der Waals surface area contributed by atoms with E-state index in [-0.39, 0.29) is 24.9 Å². The number of unbranched alkanes of at least 4 members (excludes halogenated alkanes) is 34. The van der Waals surface area contributed by atoms with E-state index < -0.39 is 18.2 Å². The quantitative estimate of drug-likeness (QED) is 0.0321. The topological polar surface area (TPSA) is 95.9 Å². The highest BCUT2D eigenvalue weighted by atomic mass is 16.5. The SMILES string of the molecule is CCCCC/C=C\C/C=C\C/C=C\CCCCCCC(=O)OC(CCCCCCCCCCCCCC)CC(=O)NC(CO)C(O)CCCCCCCCCCCCCCCCCCC. The second kappa shape index (κ2) is 53.0. The number of aliphatic hydroxyl groups excluding tert-OH is 2. The van der Waals surface area contributed by atoms with E-state index in [0.717, 1.165) is 70.6 Å². The normalized spacial score (nSPS) is 13.4. The molecule has 3 N–H and O–H groups in total. The Morgan fingerprint density at radius 3 is 1.22 bits per heavy atom. The lowest BCUT2D eigenvalue weighted by Gasteiger charge is -2.24. The van der Waals surface area contributed by atoms with Crippen LogP contribution < -0.4 is 5.32 Å². The molecule has 0 aliphatic rings. The second-order valence-corrected chi connectivity index (χ2v) is 19.7. The van der Waals surface area contributed by atoms with Crippen molar-refractivity contribution in [3.63, 3.8) is 0 Å². The highest BCUT2D eigenvalue weighted by molar-refractivity contribution is 5.77. The van der Waals surface area contributed by atoms with Gasteiger partial charge in [0, 0.05) is 6.42 Å². The molecule has 0 spiro atoms. The summed E-state index contributed by atoms with van der Waals surface area (Å²) in [7, 11) is 0. The van der Waals surface area contributed by atoms with E-state index in [9.17, 15) is 19.8 Å². The van der Waals surface area contributed by atoms with Crippen LogP contribution >= 0.6 is 0 Å². The highest BCUT2D eigenvalue weighted by Gasteiger charge is 2.24. The molecule has 0 aliphatic carbocycles. The molecule has 65 heavy (non-hydrogen) atoms. The summed E-state index contributed by atoms with van der Waals surface area (Å²) < 4.78 is 5.95. The number of esters is 1. The van der Waals surface area contributed by atoms with Crippen molar-refractivity contribution in [1.82, 2.24) is 5.32 Å². The molecule has 6 heteroatoms. The molecule has 0 fully saturated rings. The zero-order chi connectivity index (χ0) is 47.4. The van der Waals surface area contributed by atoms with Crippen molar-refractivity contribution in [2.45, 2.75) is 322 Å². The molecule has 0 saturated carbocycles. The van der Waals surface area contributed by atoms with Gasteiger partial charge < -0.3 is 20.3 Å². The maximum absolute atomic E-state index is 13.2. The minimum Gasteiger partial charge on any atom is -0.462 e. The monoisotopic (exact) mass is 914 g/mol. The first-order chi connectivity index (χ1) is 32.0. The molecular weight excluding hydrogens is 803 g/mol. The van der Waals surface area contributed by atoms with E-state index >= 15 is 0 Å². The van der Waals surface area contributed by atoms with Crippen molar-refractivity contribution in [3.05, 3.63) is 36.5 Å². The number of ether oxygens (including phenoxy) is 1. The fourth-order valence-corrected chi connectivity index (χ4v) is 8.85. The molecule has 3 unspecified atom stereocenters. The van der Waals surface area contributed by atoms with Gasteiger partial charge in [-0.2, -0.15) is 0 Å². The Morgan fingerprint density at radius 1 is 0.446 bits per heavy atom. The molecular formula is C59H111NO5. The Kier molecular flexibility index (Phi) is 51.5. The van der Waals surface area contributed by atoms with Crippen LogP contribution in [0.2, 0.25) is 0 Å². The summed E-state index contributed by atoms with van der Waals surface area (Å²) in [5.41, 5.74) is 0. The third-order valence-electron chi connectivity index (χ3n) is 13.2. The molecule has 6 nitrogen and oxygen atoms in total. The second-order valence-electron chi connectivity index (χ2n) is 19.7. The zero-order valence-electron chi connectivity index (χ0n) is 43.6. The van der Waals surface area contributed by atoms with Crippen LogP contribution in [0.1, 0.15) is 303 Å². The lowest BCUT2D eigenvalue weighted by molar-refractivity contribution is -0.151. The van der Waals surface area contributed by atoms with E-state index in [4.69, 9.17) is 4.74 Å². The van der Waals surface area contributed by atoms with Gasteiger partial charge in [-0.15, -0.1) is 0 Å². The van der Waals surface area contributed by atoms with Crippen molar-refractivity contribution < 1.29 is 24.5 Å². The minimum absolute atomic E-state index is 0.0728. The van der Waals surface area contributed by atoms with Gasteiger partial charge in [0.1, 0.15) is 6.10 Å². The molecule has 1 amide bonds. The molecule has 0 bridgehead atoms. The van der Waals surface area contributed by atoms with Crippen LogP contribution in [0.5, 0.6) is 0 Å². The van der Waals surface area contributed by atoms with E-state index in [2.05, 4.69) is 62.5 Å². The van der Waals surface area contributed by atoms with E-state index in [1.54, 1.807) is 0 Å². The number of allylic oxidation sites excluding steroid dienone is 6. The number of carbonyl (C=O) groups excluding carboxylic acids is 2. The van der Waals surface area contributed by atoms with Crippen molar-refractivity contribution in [2.75, 3.05) is 6.61 Å². The Morgan fingerprint density at radius 2 is 0.785 bits per heavy atom. The summed E-state index contributed by atoms with van der Waals surface area (Å²) in [5, 5.41) is 23.9. The first-order valence-corrected chi connectivity index (χ1v) is 28.7. The molecule has 0 aromatic carbocycles. The summed E-state index contributed by atoms with van der Waals surface area (Å²) in [5.74, 6) is -0.484. The number of rotatable bonds is 52. The standard InChI is InChI=1S/C59H111NO5/c1-4-7-10-13-16-19-22-25-27-29-31-33-36-39-42-45-48-51-57(62)56(54-61)60-58(63)53-55(50-47-44-41-38-35-24-21-18-15-12-9-6-3)65-59(64)52-49-46-43-40-37-34-32-30-28-26-23-20-17-14-11-8-5-2/h17,20,26,28,32,34,55-57,61-62H,4-16,18-19,21-25,27,29-31,33,35-54H2,1-3H3,(H,60,63)/b20-17-,28-26-,34-32-. The molecule has 0 saturated heterocycles. The number of hydrogen-bond donors (Lipinski definition) is 3. The summed E-state index contributed by atoms with van der Waals surface area (Å²) in [6.07, 6.45) is 63.5. The molecule has 0 heterocycles. The molecule has 0 aromatic rings. The largest absolute Gasteiger partial charge is 0.462 e. The number of amides is 1. The highest BCUT2D eigenvalue weighted by Crippen LogP contribution is 2.19. The van der Waals surface area contributed by atoms with Gasteiger partial charge in [-0.05, 0) is 64.2 Å². The van der Waals surface area contributed by atoms with Gasteiger partial charge in [0.05, 0.1) is 25.2 Å². The summed E-state index contributed by atoms with van der Waals surface area (Å²) in [6, 6.07) is -0.704. The van der Waals surface area contributed by atoms with Gasteiger partial charge in [0.15, 0.2) is 0 Å². The van der Waals surface area contributed by atoms with Gasteiger partial charge in [-0.1, -0.05) is 263 Å². The smallest absolute Gasteiger partial charge is 0.306 e. The van der Waals surface area contributed by atoms with Gasteiger partial charge in [0.2, 0.25) is 5.91 Å². The summed E-state index contributed by atoms with van der Waals surface area (Å²) >= 11 is 0. The van der Waals surface area contributed by atoms with Crippen LogP contribution in [0.4, 0.5) is 0 Å². The van der Waals surface area contributed by atoms with Gasteiger partial charge in [0.25, 0.3) is 0 Å². The van der Waals surface area contributed by atoms with Gasteiger partial charge in [-0.3, -0.25) is 9.59 Å². The molecule has 0 rings (SSSR count). The maximum atomic E-state index is 13.2. The third-order valence-corrected chi connectivity index (χ3v) is 13.2. The van der Waals surface area contributed by atoms with Crippen molar-refractivity contribution >= 4 is 11.9 Å². The van der Waals surface area contributed by atoms with Crippen LogP contribution in [0.15, 0.2) is 36.5 Å². The van der Waals surface area contributed by atoms with Crippen molar-refractivity contribution in [2.24, 2.45) is 0 Å². The van der Waals surface area contributed by atoms with E-state index in [0.29, 0.717) is 19.3 Å². The van der Waals surface area contributed by atoms with E-state index in [1.807, 2.05) is 0 Å². The molecule has 0 radical (unpaired) electrons. The van der Waals surface area contributed by atoms with Crippen LogP contribution in [-0.4, -0.2) is 46.9 Å². The fraction of sp³-hybridized carbons (Fsp3) is 0.864.